The van der Waals surface area contributed by atoms with Gasteiger partial charge < -0.3 is 15.6 Å². The van der Waals surface area contributed by atoms with Gasteiger partial charge in [-0.3, -0.25) is 14.5 Å². The number of carbonyl (C=O) groups is 2. The molecule has 1 aliphatic rings. The maximum Gasteiger partial charge on any atom is 0.198 e. The quantitative estimate of drug-likeness (QED) is 0.105. The van der Waals surface area contributed by atoms with E-state index in [1.165, 1.54) is 30.0 Å². The molecule has 0 saturated heterocycles. The zero-order valence-corrected chi connectivity index (χ0v) is 29.0. The van der Waals surface area contributed by atoms with E-state index in [0.717, 1.165) is 25.9 Å². The fourth-order valence-electron chi connectivity index (χ4n) is 6.92. The number of nitrogens with zero attached hydrogens (tertiary/aromatic N) is 1. The molecule has 0 aromatic heterocycles. The van der Waals surface area contributed by atoms with Crippen molar-refractivity contribution in [3.63, 3.8) is 0 Å². The Kier molecular flexibility index (Phi) is 11.3. The van der Waals surface area contributed by atoms with Gasteiger partial charge in [-0.2, -0.15) is 0 Å². The predicted octanol–water partition coefficient (Wildman–Crippen LogP) is 9.61. The number of aromatic hydroxyl groups is 1. The van der Waals surface area contributed by atoms with E-state index < -0.39 is 11.6 Å². The number of rotatable bonds is 12. The number of fused-ring (bicyclic) bond motifs is 2. The standard InChI is InChI=1S/C39H44N2O4.C2H6/c1-6-21-38(2,3)25-39(4,5)41(24-27-12-8-7-9-13-27)22-20-26-16-18-28(19-17-26)45-32-23-31(42)33-34(35(32)40)37(44)30-15-11-10-14-29(30)36(33)43;1-2/h7-19,23,42H,6,20-22,24-25,40H2,1-5H3;1-2H3. The van der Waals surface area contributed by atoms with Crippen molar-refractivity contribution in [2.45, 2.75) is 86.2 Å². The Labute approximate surface area is 280 Å². The number of hydrogen-bond donors (Lipinski definition) is 2. The zero-order chi connectivity index (χ0) is 34.4. The highest BCUT2D eigenvalue weighted by Crippen LogP contribution is 2.42. The molecular formula is C41H50N2O4. The van der Waals surface area contributed by atoms with Crippen LogP contribution in [-0.2, 0) is 13.0 Å². The lowest BCUT2D eigenvalue weighted by atomic mass is 9.76. The van der Waals surface area contributed by atoms with E-state index in [9.17, 15) is 14.7 Å². The molecule has 3 N–H and O–H groups in total. The highest BCUT2D eigenvalue weighted by Gasteiger charge is 2.36. The first-order chi connectivity index (χ1) is 22.4. The molecule has 0 unspecified atom stereocenters. The molecule has 0 aliphatic heterocycles. The highest BCUT2D eigenvalue weighted by atomic mass is 16.5. The first kappa shape index (κ1) is 35.4. The smallest absolute Gasteiger partial charge is 0.198 e. The van der Waals surface area contributed by atoms with Crippen LogP contribution in [0.5, 0.6) is 17.2 Å². The minimum absolute atomic E-state index is 0.00285. The molecule has 0 radical (unpaired) electrons. The monoisotopic (exact) mass is 634 g/mol. The van der Waals surface area contributed by atoms with Gasteiger partial charge in [0.25, 0.3) is 0 Å². The third kappa shape index (κ3) is 8.12. The summed E-state index contributed by atoms with van der Waals surface area (Å²) >= 11 is 0. The van der Waals surface area contributed by atoms with Crippen LogP contribution in [0.2, 0.25) is 0 Å². The highest BCUT2D eigenvalue weighted by molar-refractivity contribution is 6.31. The van der Waals surface area contributed by atoms with Crippen LogP contribution < -0.4 is 10.5 Å². The Balaban J connectivity index is 0.00000245. The van der Waals surface area contributed by atoms with Crippen molar-refractivity contribution in [3.05, 3.63) is 118 Å². The Hall–Kier alpha value is -4.42. The Morgan fingerprint density at radius 2 is 1.36 bits per heavy atom. The van der Waals surface area contributed by atoms with Gasteiger partial charge in [0, 0.05) is 35.8 Å². The van der Waals surface area contributed by atoms with Gasteiger partial charge in [-0.25, -0.2) is 0 Å². The number of anilines is 1. The predicted molar refractivity (Wildman–Crippen MR) is 192 cm³/mol. The summed E-state index contributed by atoms with van der Waals surface area (Å²) in [5, 5.41) is 10.8. The minimum atomic E-state index is -0.432. The molecule has 5 rings (SSSR count). The van der Waals surface area contributed by atoms with Crippen molar-refractivity contribution >= 4 is 17.3 Å². The normalized spacial score (nSPS) is 12.7. The molecule has 4 aromatic rings. The van der Waals surface area contributed by atoms with E-state index in [0.29, 0.717) is 5.75 Å². The fraction of sp³-hybridized carbons (Fsp3) is 0.366. The van der Waals surface area contributed by atoms with Crippen molar-refractivity contribution < 1.29 is 19.4 Å². The topological polar surface area (TPSA) is 92.9 Å². The number of hydrogen-bond acceptors (Lipinski definition) is 6. The molecule has 1 aliphatic carbocycles. The molecule has 0 saturated carbocycles. The second-order valence-electron chi connectivity index (χ2n) is 13.6. The van der Waals surface area contributed by atoms with E-state index in [1.807, 2.05) is 38.1 Å². The fourth-order valence-corrected chi connectivity index (χ4v) is 6.92. The van der Waals surface area contributed by atoms with E-state index in [-0.39, 0.29) is 50.4 Å². The number of nitrogen functional groups attached to an aromatic ring is 1. The number of carbonyl (C=O) groups excluding carboxylic acids is 2. The first-order valence-electron chi connectivity index (χ1n) is 16.8. The van der Waals surface area contributed by atoms with Gasteiger partial charge in [0.2, 0.25) is 0 Å². The zero-order valence-electron chi connectivity index (χ0n) is 29.0. The van der Waals surface area contributed by atoms with Crippen molar-refractivity contribution in [2.24, 2.45) is 5.41 Å². The van der Waals surface area contributed by atoms with Gasteiger partial charge in [0.05, 0.1) is 16.8 Å². The largest absolute Gasteiger partial charge is 0.507 e. The molecule has 0 heterocycles. The molecule has 6 nitrogen and oxygen atoms in total. The van der Waals surface area contributed by atoms with Gasteiger partial charge >= 0.3 is 0 Å². The van der Waals surface area contributed by atoms with Crippen LogP contribution in [-0.4, -0.2) is 33.7 Å². The third-order valence-corrected chi connectivity index (χ3v) is 8.91. The van der Waals surface area contributed by atoms with Crippen LogP contribution in [0.15, 0.2) is 84.9 Å². The maximum absolute atomic E-state index is 13.3. The molecule has 0 bridgehead atoms. The molecule has 4 aromatic carbocycles. The summed E-state index contributed by atoms with van der Waals surface area (Å²) in [6.07, 6.45) is 4.33. The lowest BCUT2D eigenvalue weighted by Gasteiger charge is -2.44. The van der Waals surface area contributed by atoms with Crippen LogP contribution >= 0.6 is 0 Å². The van der Waals surface area contributed by atoms with E-state index in [1.54, 1.807) is 24.3 Å². The third-order valence-electron chi connectivity index (χ3n) is 8.91. The van der Waals surface area contributed by atoms with Crippen LogP contribution in [0.3, 0.4) is 0 Å². The number of benzene rings is 4. The lowest BCUT2D eigenvalue weighted by molar-refractivity contribution is 0.0621. The summed E-state index contributed by atoms with van der Waals surface area (Å²) in [7, 11) is 0. The van der Waals surface area contributed by atoms with Gasteiger partial charge in [-0.1, -0.05) is 108 Å². The molecule has 248 valence electrons. The first-order valence-corrected chi connectivity index (χ1v) is 16.8. The van der Waals surface area contributed by atoms with E-state index in [2.05, 4.69) is 69.9 Å². The minimum Gasteiger partial charge on any atom is -0.507 e. The summed E-state index contributed by atoms with van der Waals surface area (Å²) < 4.78 is 6.06. The van der Waals surface area contributed by atoms with Crippen LogP contribution in [0.1, 0.15) is 111 Å². The number of nitrogens with two attached hydrogens (primary N) is 1. The summed E-state index contributed by atoms with van der Waals surface area (Å²) in [5.41, 5.74) is 9.57. The Morgan fingerprint density at radius 3 is 1.96 bits per heavy atom. The second kappa shape index (κ2) is 15.0. The summed E-state index contributed by atoms with van der Waals surface area (Å²) in [6.45, 7) is 17.5. The Morgan fingerprint density at radius 1 is 0.787 bits per heavy atom. The molecule has 0 spiro atoms. The molecule has 0 amide bonds. The van der Waals surface area contributed by atoms with Gasteiger partial charge in [0.1, 0.15) is 11.5 Å². The van der Waals surface area contributed by atoms with Crippen molar-refractivity contribution in [1.29, 1.82) is 0 Å². The number of phenols is 1. The van der Waals surface area contributed by atoms with Crippen molar-refractivity contribution in [3.8, 4) is 17.2 Å². The van der Waals surface area contributed by atoms with Gasteiger partial charge in [0.15, 0.2) is 17.3 Å². The number of phenolic OH excluding ortho intramolecular Hbond substituents is 1. The number of ether oxygens (including phenoxy) is 1. The Bertz CT molecular complexity index is 1690. The molecular weight excluding hydrogens is 584 g/mol. The average Bonchev–Trinajstić information content (AvgIpc) is 3.05. The molecule has 6 heteroatoms. The second-order valence-corrected chi connectivity index (χ2v) is 13.6. The summed E-state index contributed by atoms with van der Waals surface area (Å²) in [6, 6.07) is 26.3. The van der Waals surface area contributed by atoms with Gasteiger partial charge in [-0.15, -0.1) is 0 Å². The van der Waals surface area contributed by atoms with E-state index >= 15 is 0 Å². The van der Waals surface area contributed by atoms with Gasteiger partial charge in [-0.05, 0) is 61.8 Å². The van der Waals surface area contributed by atoms with Crippen molar-refractivity contribution in [1.82, 2.24) is 4.90 Å². The lowest BCUT2D eigenvalue weighted by Crippen LogP contribution is -2.47. The molecule has 0 fully saturated rings. The van der Waals surface area contributed by atoms with Crippen LogP contribution in [0.25, 0.3) is 0 Å². The number of ketones is 2. The van der Waals surface area contributed by atoms with E-state index in [4.69, 9.17) is 10.5 Å². The molecule has 0 atom stereocenters. The summed E-state index contributed by atoms with van der Waals surface area (Å²) in [4.78, 5) is 29.0. The van der Waals surface area contributed by atoms with Crippen LogP contribution in [0.4, 0.5) is 5.69 Å². The average molecular weight is 635 g/mol. The van der Waals surface area contributed by atoms with Crippen LogP contribution in [0, 0.1) is 5.41 Å². The summed E-state index contributed by atoms with van der Waals surface area (Å²) in [5.74, 6) is -0.525. The SMILES string of the molecule is CC.CCCC(C)(C)CC(C)(C)N(CCc1ccc(Oc2cc(O)c3c(c2N)C(=O)c2ccccc2C3=O)cc1)Cc1ccccc1. The maximum atomic E-state index is 13.3. The van der Waals surface area contributed by atoms with Crippen molar-refractivity contribution in [2.75, 3.05) is 12.3 Å². The molecule has 47 heavy (non-hydrogen) atoms.